The Kier molecular flexibility index (Phi) is 5.27. The average molecular weight is 415 g/mol. The van der Waals surface area contributed by atoms with Crippen molar-refractivity contribution in [3.8, 4) is 11.1 Å². The van der Waals surface area contributed by atoms with Crippen LogP contribution < -0.4 is 5.63 Å². The van der Waals surface area contributed by atoms with Crippen molar-refractivity contribution >= 4 is 22.6 Å². The molecular weight excluding hydrogens is 392 g/mol. The van der Waals surface area contributed by atoms with Crippen LogP contribution in [0.15, 0.2) is 118 Å². The number of rotatable bonds is 4. The van der Waals surface area contributed by atoms with Gasteiger partial charge in [0.25, 0.3) is 0 Å². The van der Waals surface area contributed by atoms with Crippen molar-refractivity contribution in [1.29, 1.82) is 0 Å². The van der Waals surface area contributed by atoms with E-state index in [-0.39, 0.29) is 5.63 Å². The molecule has 1 heterocycles. The van der Waals surface area contributed by atoms with Crippen molar-refractivity contribution in [2.75, 3.05) is 0 Å². The van der Waals surface area contributed by atoms with E-state index in [0.29, 0.717) is 11.1 Å². The van der Waals surface area contributed by atoms with Gasteiger partial charge >= 0.3 is 5.63 Å². The predicted octanol–water partition coefficient (Wildman–Crippen LogP) is 7.36. The van der Waals surface area contributed by atoms with Gasteiger partial charge in [0.05, 0.1) is 5.56 Å². The Morgan fingerprint density at radius 2 is 1.25 bits per heavy atom. The molecule has 4 aromatic carbocycles. The lowest BCUT2D eigenvalue weighted by molar-refractivity contribution is 0.563. The van der Waals surface area contributed by atoms with Gasteiger partial charge in [-0.25, -0.2) is 4.79 Å². The zero-order chi connectivity index (χ0) is 21.9. The maximum atomic E-state index is 13.2. The third-order valence-corrected chi connectivity index (χ3v) is 5.65. The number of fused-ring (bicyclic) bond motifs is 1. The molecule has 0 aliphatic heterocycles. The van der Waals surface area contributed by atoms with Gasteiger partial charge in [-0.15, -0.1) is 0 Å². The van der Waals surface area contributed by atoms with E-state index in [4.69, 9.17) is 4.42 Å². The first kappa shape index (κ1) is 19.8. The van der Waals surface area contributed by atoms with Gasteiger partial charge in [0.2, 0.25) is 0 Å². The van der Waals surface area contributed by atoms with E-state index in [9.17, 15) is 4.79 Å². The van der Waals surface area contributed by atoms with Crippen LogP contribution in [-0.2, 0) is 0 Å². The quantitative estimate of drug-likeness (QED) is 0.288. The fourth-order valence-electron chi connectivity index (χ4n) is 4.03. The molecule has 1 aromatic heterocycles. The third-order valence-electron chi connectivity index (χ3n) is 5.65. The van der Waals surface area contributed by atoms with Crippen molar-refractivity contribution in [3.05, 3.63) is 142 Å². The first-order chi connectivity index (χ1) is 15.7. The van der Waals surface area contributed by atoms with Crippen LogP contribution in [0.5, 0.6) is 0 Å². The molecule has 0 saturated carbocycles. The van der Waals surface area contributed by atoms with E-state index in [1.165, 1.54) is 0 Å². The number of hydrogen-bond donors (Lipinski definition) is 0. The van der Waals surface area contributed by atoms with Crippen molar-refractivity contribution in [3.63, 3.8) is 0 Å². The highest BCUT2D eigenvalue weighted by molar-refractivity contribution is 6.01. The molecular formula is C30H22O2. The van der Waals surface area contributed by atoms with E-state index in [1.807, 2.05) is 91.9 Å². The number of benzene rings is 4. The molecule has 0 aliphatic carbocycles. The van der Waals surface area contributed by atoms with E-state index in [0.717, 1.165) is 38.8 Å². The van der Waals surface area contributed by atoms with Crippen LogP contribution in [0.25, 0.3) is 33.7 Å². The highest BCUT2D eigenvalue weighted by Crippen LogP contribution is 2.33. The molecule has 0 aliphatic rings. The lowest BCUT2D eigenvalue weighted by Gasteiger charge is -2.13. The number of aryl methyl sites for hydroxylation is 1. The Balaban J connectivity index is 1.87. The lowest BCUT2D eigenvalue weighted by atomic mass is 9.91. The summed E-state index contributed by atoms with van der Waals surface area (Å²) in [5.74, 6) is 0. The van der Waals surface area contributed by atoms with Crippen LogP contribution in [-0.4, -0.2) is 0 Å². The summed E-state index contributed by atoms with van der Waals surface area (Å²) in [6, 6.07) is 36.3. The molecule has 0 fully saturated rings. The molecule has 2 nitrogen and oxygen atoms in total. The molecule has 32 heavy (non-hydrogen) atoms. The maximum absolute atomic E-state index is 13.2. The third kappa shape index (κ3) is 3.79. The molecule has 0 bridgehead atoms. The van der Waals surface area contributed by atoms with E-state index in [1.54, 1.807) is 0 Å². The first-order valence-electron chi connectivity index (χ1n) is 10.7. The molecule has 0 atom stereocenters. The SMILES string of the molecule is Cc1ccc(-c2c(C=C(c3ccccc3)c3ccccc3)c3ccccc3oc2=O)cc1. The molecule has 0 saturated heterocycles. The Hall–Kier alpha value is -4.17. The summed E-state index contributed by atoms with van der Waals surface area (Å²) < 4.78 is 5.73. The minimum absolute atomic E-state index is 0.334. The van der Waals surface area contributed by atoms with Crippen molar-refractivity contribution in [2.45, 2.75) is 6.92 Å². The van der Waals surface area contributed by atoms with Gasteiger partial charge in [-0.05, 0) is 41.3 Å². The topological polar surface area (TPSA) is 30.2 Å². The normalized spacial score (nSPS) is 10.8. The Bertz CT molecular complexity index is 1420. The molecule has 0 spiro atoms. The second kappa shape index (κ2) is 8.52. The van der Waals surface area contributed by atoms with Gasteiger partial charge in [-0.2, -0.15) is 0 Å². The minimum Gasteiger partial charge on any atom is -0.422 e. The summed E-state index contributed by atoms with van der Waals surface area (Å²) in [4.78, 5) is 13.2. The molecule has 0 radical (unpaired) electrons. The molecule has 2 heteroatoms. The highest BCUT2D eigenvalue weighted by Gasteiger charge is 2.16. The summed E-state index contributed by atoms with van der Waals surface area (Å²) in [7, 11) is 0. The Morgan fingerprint density at radius 3 is 1.88 bits per heavy atom. The zero-order valence-corrected chi connectivity index (χ0v) is 17.8. The van der Waals surface area contributed by atoms with E-state index in [2.05, 4.69) is 30.3 Å². The van der Waals surface area contributed by atoms with Crippen LogP contribution in [0.2, 0.25) is 0 Å². The van der Waals surface area contributed by atoms with Crippen LogP contribution in [0.3, 0.4) is 0 Å². The summed E-state index contributed by atoms with van der Waals surface area (Å²) in [5, 5.41) is 0.909. The summed E-state index contributed by atoms with van der Waals surface area (Å²) >= 11 is 0. The van der Waals surface area contributed by atoms with Crippen LogP contribution in [0, 0.1) is 6.92 Å². The van der Waals surface area contributed by atoms with Crippen molar-refractivity contribution in [2.24, 2.45) is 0 Å². The second-order valence-electron chi connectivity index (χ2n) is 7.83. The molecule has 154 valence electrons. The van der Waals surface area contributed by atoms with E-state index >= 15 is 0 Å². The first-order valence-corrected chi connectivity index (χ1v) is 10.7. The molecule has 5 rings (SSSR count). The van der Waals surface area contributed by atoms with Crippen LogP contribution >= 0.6 is 0 Å². The maximum Gasteiger partial charge on any atom is 0.344 e. The Labute approximate surface area is 187 Å². The minimum atomic E-state index is -0.334. The fraction of sp³-hybridized carbons (Fsp3) is 0.0333. The van der Waals surface area contributed by atoms with Gasteiger partial charge in [0.1, 0.15) is 5.58 Å². The highest BCUT2D eigenvalue weighted by atomic mass is 16.4. The molecule has 5 aromatic rings. The molecule has 0 amide bonds. The largest absolute Gasteiger partial charge is 0.422 e. The van der Waals surface area contributed by atoms with Gasteiger partial charge in [0.15, 0.2) is 0 Å². The predicted molar refractivity (Wildman–Crippen MR) is 133 cm³/mol. The Morgan fingerprint density at radius 1 is 0.688 bits per heavy atom. The second-order valence-corrected chi connectivity index (χ2v) is 7.83. The fourth-order valence-corrected chi connectivity index (χ4v) is 4.03. The summed E-state index contributed by atoms with van der Waals surface area (Å²) in [6.45, 7) is 2.04. The van der Waals surface area contributed by atoms with Gasteiger partial charge in [0, 0.05) is 10.9 Å². The molecule has 0 unspecified atom stereocenters. The van der Waals surface area contributed by atoms with Crippen molar-refractivity contribution < 1.29 is 4.42 Å². The average Bonchev–Trinajstić information content (AvgIpc) is 2.84. The standard InChI is InChI=1S/C30H22O2/c1-21-16-18-24(19-17-21)29-27(25-14-8-9-15-28(25)32-30(29)31)20-26(22-10-4-2-5-11-22)23-12-6-3-7-13-23/h2-20H,1H3. The zero-order valence-electron chi connectivity index (χ0n) is 17.8. The smallest absolute Gasteiger partial charge is 0.344 e. The summed E-state index contributed by atoms with van der Waals surface area (Å²) in [6.07, 6.45) is 2.12. The number of para-hydroxylation sites is 1. The van der Waals surface area contributed by atoms with Crippen LogP contribution in [0.4, 0.5) is 0 Å². The van der Waals surface area contributed by atoms with Gasteiger partial charge < -0.3 is 4.42 Å². The lowest BCUT2D eigenvalue weighted by Crippen LogP contribution is -2.06. The van der Waals surface area contributed by atoms with Gasteiger partial charge in [-0.3, -0.25) is 0 Å². The monoisotopic (exact) mass is 414 g/mol. The van der Waals surface area contributed by atoms with Gasteiger partial charge in [-0.1, -0.05) is 109 Å². The number of hydrogen-bond acceptors (Lipinski definition) is 2. The van der Waals surface area contributed by atoms with Crippen LogP contribution in [0.1, 0.15) is 22.3 Å². The van der Waals surface area contributed by atoms with Crippen molar-refractivity contribution in [1.82, 2.24) is 0 Å². The summed E-state index contributed by atoms with van der Waals surface area (Å²) in [5.41, 5.74) is 6.91. The van der Waals surface area contributed by atoms with E-state index < -0.39 is 0 Å². The molecule has 0 N–H and O–H groups in total.